The van der Waals surface area contributed by atoms with E-state index in [0.717, 1.165) is 12.5 Å². The predicted molar refractivity (Wildman–Crippen MR) is 58.9 cm³/mol. The largest absolute Gasteiger partial charge is 0.419 e. The van der Waals surface area contributed by atoms with Gasteiger partial charge in [0.15, 0.2) is 5.78 Å². The normalized spacial score (nSPS) is 11.6. The number of nitrogens with one attached hydrogen (secondary N) is 1. The van der Waals surface area contributed by atoms with Crippen molar-refractivity contribution in [2.45, 2.75) is 19.5 Å². The molecule has 0 amide bonds. The molecule has 1 aromatic carbocycles. The molecule has 0 atom stereocenters. The summed E-state index contributed by atoms with van der Waals surface area (Å²) in [6, 6.07) is 2.20. The van der Waals surface area contributed by atoms with Gasteiger partial charge in [0.05, 0.1) is 12.1 Å². The van der Waals surface area contributed by atoms with E-state index in [2.05, 4.69) is 5.32 Å². The zero-order chi connectivity index (χ0) is 13.8. The molecule has 0 aliphatic carbocycles. The summed E-state index contributed by atoms with van der Waals surface area (Å²) < 4.78 is 50.1. The highest BCUT2D eigenvalue weighted by Gasteiger charge is 2.34. The van der Waals surface area contributed by atoms with Crippen LogP contribution in [0.1, 0.15) is 29.3 Å². The van der Waals surface area contributed by atoms with Crippen LogP contribution in [-0.2, 0) is 6.18 Å². The Kier molecular flexibility index (Phi) is 4.84. The van der Waals surface area contributed by atoms with Crippen molar-refractivity contribution in [1.82, 2.24) is 5.32 Å². The first-order chi connectivity index (χ1) is 8.36. The van der Waals surface area contributed by atoms with E-state index < -0.39 is 23.3 Å². The van der Waals surface area contributed by atoms with Gasteiger partial charge in [-0.25, -0.2) is 4.39 Å². The minimum absolute atomic E-state index is 0.0152. The summed E-state index contributed by atoms with van der Waals surface area (Å²) in [5.41, 5.74) is -1.43. The summed E-state index contributed by atoms with van der Waals surface area (Å²) in [4.78, 5) is 11.5. The van der Waals surface area contributed by atoms with Crippen molar-refractivity contribution in [3.63, 3.8) is 0 Å². The van der Waals surface area contributed by atoms with E-state index in [1.807, 2.05) is 6.92 Å². The van der Waals surface area contributed by atoms with Gasteiger partial charge >= 0.3 is 6.18 Å². The number of carbonyl (C=O) groups is 1. The third kappa shape index (κ3) is 3.80. The molecule has 0 heterocycles. The number of hydrogen-bond donors (Lipinski definition) is 1. The average molecular weight is 263 g/mol. The van der Waals surface area contributed by atoms with Gasteiger partial charge in [0, 0.05) is 5.56 Å². The van der Waals surface area contributed by atoms with Gasteiger partial charge in [0.25, 0.3) is 0 Å². The quantitative estimate of drug-likeness (QED) is 0.502. The summed E-state index contributed by atoms with van der Waals surface area (Å²) in [7, 11) is 0. The average Bonchev–Trinajstić information content (AvgIpc) is 2.27. The molecular weight excluding hydrogens is 250 g/mol. The number of hydrogen-bond acceptors (Lipinski definition) is 2. The lowest BCUT2D eigenvalue weighted by Gasteiger charge is -2.09. The van der Waals surface area contributed by atoms with Crippen LogP contribution in [0.2, 0.25) is 0 Å². The van der Waals surface area contributed by atoms with Gasteiger partial charge < -0.3 is 5.32 Å². The van der Waals surface area contributed by atoms with Crippen molar-refractivity contribution < 1.29 is 22.4 Å². The Hall–Kier alpha value is -1.43. The fraction of sp³-hybridized carbons (Fsp3) is 0.417. The first-order valence-corrected chi connectivity index (χ1v) is 5.47. The highest BCUT2D eigenvalue weighted by atomic mass is 19.4. The van der Waals surface area contributed by atoms with Gasteiger partial charge in [-0.2, -0.15) is 13.2 Å². The summed E-state index contributed by atoms with van der Waals surface area (Å²) in [6.07, 6.45) is -3.92. The van der Waals surface area contributed by atoms with Gasteiger partial charge in [0.2, 0.25) is 0 Å². The molecule has 0 fully saturated rings. The van der Waals surface area contributed by atoms with Gasteiger partial charge in [-0.15, -0.1) is 0 Å². The van der Waals surface area contributed by atoms with Crippen LogP contribution >= 0.6 is 0 Å². The number of Topliss-reactive ketones (excluding diaryl/α,β-unsaturated/α-hetero) is 1. The van der Waals surface area contributed by atoms with Crippen LogP contribution in [0.3, 0.4) is 0 Å². The molecule has 0 unspecified atom stereocenters. The number of carbonyl (C=O) groups excluding carboxylic acids is 1. The Morgan fingerprint density at radius 2 is 2.00 bits per heavy atom. The maximum Gasteiger partial charge on any atom is 0.419 e. The Labute approximate surface area is 102 Å². The van der Waals surface area contributed by atoms with E-state index >= 15 is 0 Å². The molecule has 0 radical (unpaired) electrons. The van der Waals surface area contributed by atoms with E-state index in [-0.39, 0.29) is 12.1 Å². The van der Waals surface area contributed by atoms with E-state index in [4.69, 9.17) is 0 Å². The molecule has 0 saturated carbocycles. The maximum absolute atomic E-state index is 13.2. The van der Waals surface area contributed by atoms with Crippen LogP contribution in [0.4, 0.5) is 17.6 Å². The summed E-state index contributed by atoms with van der Waals surface area (Å²) >= 11 is 0. The molecule has 1 aromatic rings. The Balaban J connectivity index is 2.81. The van der Waals surface area contributed by atoms with Gasteiger partial charge in [-0.05, 0) is 25.1 Å². The molecule has 0 aliphatic rings. The number of alkyl halides is 3. The van der Waals surface area contributed by atoms with Crippen molar-refractivity contribution in [3.8, 4) is 0 Å². The molecule has 1 rings (SSSR count). The van der Waals surface area contributed by atoms with E-state index in [1.165, 1.54) is 0 Å². The second-order valence-electron chi connectivity index (χ2n) is 3.79. The minimum atomic E-state index is -4.74. The lowest BCUT2D eigenvalue weighted by atomic mass is 10.1. The van der Waals surface area contributed by atoms with Crippen LogP contribution in [0.15, 0.2) is 18.2 Å². The molecule has 18 heavy (non-hydrogen) atoms. The summed E-state index contributed by atoms with van der Waals surface area (Å²) in [5.74, 6) is -1.86. The smallest absolute Gasteiger partial charge is 0.310 e. The lowest BCUT2D eigenvalue weighted by Crippen LogP contribution is -2.24. The van der Waals surface area contributed by atoms with Gasteiger partial charge in [-0.3, -0.25) is 4.79 Å². The molecule has 1 N–H and O–H groups in total. The Bertz CT molecular complexity index is 429. The highest BCUT2D eigenvalue weighted by molar-refractivity contribution is 5.97. The lowest BCUT2D eigenvalue weighted by molar-refractivity contribution is -0.140. The fourth-order valence-corrected chi connectivity index (χ4v) is 1.40. The van der Waals surface area contributed by atoms with Crippen molar-refractivity contribution >= 4 is 5.78 Å². The third-order valence-electron chi connectivity index (χ3n) is 2.31. The summed E-state index contributed by atoms with van der Waals surface area (Å²) in [5, 5.41) is 2.80. The molecule has 6 heteroatoms. The topological polar surface area (TPSA) is 29.1 Å². The number of halogens is 4. The maximum atomic E-state index is 13.2. The number of rotatable bonds is 5. The number of ketones is 1. The van der Waals surface area contributed by atoms with Gasteiger partial charge in [-0.1, -0.05) is 13.0 Å². The SMILES string of the molecule is CCCNCC(=O)c1ccc(C(F)(F)F)c(F)c1. The van der Waals surface area contributed by atoms with Crippen LogP contribution in [-0.4, -0.2) is 18.9 Å². The molecule has 100 valence electrons. The molecular formula is C12H13F4NO. The van der Waals surface area contributed by atoms with Crippen molar-refractivity contribution in [3.05, 3.63) is 35.1 Å². The van der Waals surface area contributed by atoms with Crippen molar-refractivity contribution in [1.29, 1.82) is 0 Å². The zero-order valence-corrected chi connectivity index (χ0v) is 9.77. The Morgan fingerprint density at radius 3 is 2.50 bits per heavy atom. The molecule has 0 aromatic heterocycles. The predicted octanol–water partition coefficient (Wildman–Crippen LogP) is 3.03. The second-order valence-corrected chi connectivity index (χ2v) is 3.79. The monoisotopic (exact) mass is 263 g/mol. The number of benzene rings is 1. The van der Waals surface area contributed by atoms with E-state index in [1.54, 1.807) is 0 Å². The molecule has 0 saturated heterocycles. The van der Waals surface area contributed by atoms with Crippen LogP contribution in [0.5, 0.6) is 0 Å². The zero-order valence-electron chi connectivity index (χ0n) is 9.77. The third-order valence-corrected chi connectivity index (χ3v) is 2.31. The summed E-state index contributed by atoms with van der Waals surface area (Å²) in [6.45, 7) is 2.52. The Morgan fingerprint density at radius 1 is 1.33 bits per heavy atom. The second kappa shape index (κ2) is 5.95. The first-order valence-electron chi connectivity index (χ1n) is 5.47. The molecule has 2 nitrogen and oxygen atoms in total. The first kappa shape index (κ1) is 14.6. The minimum Gasteiger partial charge on any atom is -0.310 e. The van der Waals surface area contributed by atoms with Crippen molar-refractivity contribution in [2.24, 2.45) is 0 Å². The van der Waals surface area contributed by atoms with Gasteiger partial charge in [0.1, 0.15) is 5.82 Å². The van der Waals surface area contributed by atoms with E-state index in [9.17, 15) is 22.4 Å². The van der Waals surface area contributed by atoms with Crippen LogP contribution < -0.4 is 5.32 Å². The molecule has 0 spiro atoms. The highest BCUT2D eigenvalue weighted by Crippen LogP contribution is 2.31. The molecule has 0 bridgehead atoms. The van der Waals surface area contributed by atoms with Crippen molar-refractivity contribution in [2.75, 3.05) is 13.1 Å². The fourth-order valence-electron chi connectivity index (χ4n) is 1.40. The van der Waals surface area contributed by atoms with Crippen LogP contribution in [0.25, 0.3) is 0 Å². The molecule has 0 aliphatic heterocycles. The van der Waals surface area contributed by atoms with E-state index in [0.29, 0.717) is 18.7 Å². The standard InChI is InChI=1S/C12H13F4NO/c1-2-5-17-7-11(18)8-3-4-9(10(13)6-8)12(14,15)16/h3-4,6,17H,2,5,7H2,1H3. The van der Waals surface area contributed by atoms with Crippen LogP contribution in [0, 0.1) is 5.82 Å².